The molecule has 0 bridgehead atoms. The van der Waals surface area contributed by atoms with E-state index in [0.29, 0.717) is 28.7 Å². The zero-order valence-corrected chi connectivity index (χ0v) is 14.7. The highest BCUT2D eigenvalue weighted by atomic mass is 32.1. The van der Waals surface area contributed by atoms with Gasteiger partial charge in [-0.1, -0.05) is 6.92 Å². The molecule has 0 atom stereocenters. The van der Waals surface area contributed by atoms with Crippen LogP contribution in [-0.2, 0) is 6.42 Å². The Kier molecular flexibility index (Phi) is 4.32. The number of amides is 1. The van der Waals surface area contributed by atoms with E-state index in [4.69, 9.17) is 4.74 Å². The molecule has 4 rings (SSSR count). The van der Waals surface area contributed by atoms with Gasteiger partial charge in [-0.25, -0.2) is 4.98 Å². The van der Waals surface area contributed by atoms with E-state index in [1.54, 1.807) is 34.8 Å². The largest absolute Gasteiger partial charge is 0.439 e. The first-order chi connectivity index (χ1) is 12.7. The Morgan fingerprint density at radius 2 is 2.12 bits per heavy atom. The molecule has 1 N–H and O–H groups in total. The van der Waals surface area contributed by atoms with Crippen molar-refractivity contribution in [2.75, 3.05) is 5.32 Å². The van der Waals surface area contributed by atoms with Gasteiger partial charge < -0.3 is 10.1 Å². The van der Waals surface area contributed by atoms with E-state index in [2.05, 4.69) is 20.4 Å². The maximum atomic E-state index is 12.1. The van der Waals surface area contributed by atoms with Gasteiger partial charge in [-0.3, -0.25) is 4.79 Å². The van der Waals surface area contributed by atoms with Crippen molar-refractivity contribution >= 4 is 28.7 Å². The van der Waals surface area contributed by atoms with Gasteiger partial charge in [0, 0.05) is 22.8 Å². The lowest BCUT2D eigenvalue weighted by Crippen LogP contribution is -2.10. The topological polar surface area (TPSA) is 81.4 Å². The fraction of sp³-hybridized carbons (Fsp3) is 0.111. The fourth-order valence-corrected chi connectivity index (χ4v) is 3.05. The molecule has 130 valence electrons. The van der Waals surface area contributed by atoms with Crippen molar-refractivity contribution in [2.45, 2.75) is 13.3 Å². The van der Waals surface area contributed by atoms with Gasteiger partial charge in [-0.15, -0.1) is 0 Å². The van der Waals surface area contributed by atoms with Gasteiger partial charge in [0.1, 0.15) is 12.1 Å². The minimum atomic E-state index is -0.133. The summed E-state index contributed by atoms with van der Waals surface area (Å²) in [6, 6.07) is 10.8. The SMILES string of the molecule is CCc1cc(Oc2ccc(NC(=O)c3ccsc3)cc2)n2ncnc2n1. The first-order valence-electron chi connectivity index (χ1n) is 8.04. The molecule has 0 saturated heterocycles. The highest BCUT2D eigenvalue weighted by Crippen LogP contribution is 2.24. The predicted octanol–water partition coefficient (Wildman–Crippen LogP) is 3.79. The number of carbonyl (C=O) groups excluding carboxylic acids is 1. The van der Waals surface area contributed by atoms with Gasteiger partial charge in [0.2, 0.25) is 5.88 Å². The molecule has 0 aliphatic rings. The molecule has 0 saturated carbocycles. The van der Waals surface area contributed by atoms with Crippen molar-refractivity contribution in [3.63, 3.8) is 0 Å². The van der Waals surface area contributed by atoms with Crippen LogP contribution in [0.25, 0.3) is 5.78 Å². The van der Waals surface area contributed by atoms with Crippen LogP contribution in [0.2, 0.25) is 0 Å². The van der Waals surface area contributed by atoms with Gasteiger partial charge in [-0.05, 0) is 42.1 Å². The third-order valence-electron chi connectivity index (χ3n) is 3.75. The Labute approximate surface area is 153 Å². The monoisotopic (exact) mass is 365 g/mol. The van der Waals surface area contributed by atoms with Crippen LogP contribution in [0.15, 0.2) is 53.5 Å². The second kappa shape index (κ2) is 6.93. The maximum Gasteiger partial charge on any atom is 0.256 e. The average molecular weight is 365 g/mol. The van der Waals surface area contributed by atoms with E-state index in [-0.39, 0.29) is 5.91 Å². The third-order valence-corrected chi connectivity index (χ3v) is 4.44. The zero-order valence-electron chi connectivity index (χ0n) is 13.9. The van der Waals surface area contributed by atoms with E-state index in [9.17, 15) is 4.79 Å². The Balaban J connectivity index is 1.53. The van der Waals surface area contributed by atoms with E-state index in [1.807, 2.05) is 23.8 Å². The summed E-state index contributed by atoms with van der Waals surface area (Å²) in [7, 11) is 0. The van der Waals surface area contributed by atoms with Crippen molar-refractivity contribution in [3.05, 3.63) is 64.7 Å². The van der Waals surface area contributed by atoms with Crippen molar-refractivity contribution in [3.8, 4) is 11.6 Å². The molecule has 0 aliphatic heterocycles. The molecule has 3 heterocycles. The Bertz CT molecular complexity index is 1040. The molecule has 7 nitrogen and oxygen atoms in total. The number of anilines is 1. The Morgan fingerprint density at radius 1 is 1.27 bits per heavy atom. The first kappa shape index (κ1) is 16.2. The second-order valence-corrected chi connectivity index (χ2v) is 6.28. The van der Waals surface area contributed by atoms with Crippen LogP contribution in [0.1, 0.15) is 23.0 Å². The van der Waals surface area contributed by atoms with Gasteiger partial charge in [-0.2, -0.15) is 25.9 Å². The zero-order chi connectivity index (χ0) is 17.9. The Hall–Kier alpha value is -3.26. The number of fused-ring (bicyclic) bond motifs is 1. The quantitative estimate of drug-likeness (QED) is 0.582. The van der Waals surface area contributed by atoms with E-state index in [1.165, 1.54) is 17.7 Å². The molecule has 0 aliphatic carbocycles. The van der Waals surface area contributed by atoms with Crippen LogP contribution >= 0.6 is 11.3 Å². The Morgan fingerprint density at radius 3 is 2.85 bits per heavy atom. The van der Waals surface area contributed by atoms with Crippen molar-refractivity contribution in [1.29, 1.82) is 0 Å². The minimum Gasteiger partial charge on any atom is -0.439 e. The second-order valence-electron chi connectivity index (χ2n) is 5.50. The molecule has 4 aromatic rings. The number of thiophene rings is 1. The van der Waals surface area contributed by atoms with E-state index in [0.717, 1.165) is 12.1 Å². The smallest absolute Gasteiger partial charge is 0.256 e. The number of nitrogens with one attached hydrogen (secondary N) is 1. The normalized spacial score (nSPS) is 10.8. The first-order valence-corrected chi connectivity index (χ1v) is 8.98. The number of carbonyl (C=O) groups is 1. The molecule has 3 aromatic heterocycles. The summed E-state index contributed by atoms with van der Waals surface area (Å²) in [5.74, 6) is 1.54. The molecular weight excluding hydrogens is 350 g/mol. The number of hydrogen-bond donors (Lipinski definition) is 1. The molecule has 26 heavy (non-hydrogen) atoms. The number of rotatable bonds is 5. The van der Waals surface area contributed by atoms with Gasteiger partial charge >= 0.3 is 0 Å². The number of ether oxygens (including phenoxy) is 1. The number of aryl methyl sites for hydroxylation is 1. The summed E-state index contributed by atoms with van der Waals surface area (Å²) in [5.41, 5.74) is 2.22. The molecular formula is C18H15N5O2S. The summed E-state index contributed by atoms with van der Waals surface area (Å²) in [6.07, 6.45) is 2.21. The minimum absolute atomic E-state index is 0.133. The molecule has 0 unspecified atom stereocenters. The summed E-state index contributed by atoms with van der Waals surface area (Å²) in [6.45, 7) is 2.02. The summed E-state index contributed by atoms with van der Waals surface area (Å²) in [5, 5.41) is 10.7. The lowest BCUT2D eigenvalue weighted by atomic mass is 10.2. The molecule has 0 fully saturated rings. The van der Waals surface area contributed by atoms with Crippen LogP contribution in [0.5, 0.6) is 11.6 Å². The van der Waals surface area contributed by atoms with Crippen molar-refractivity contribution < 1.29 is 9.53 Å². The molecule has 0 radical (unpaired) electrons. The van der Waals surface area contributed by atoms with Crippen LogP contribution in [0.4, 0.5) is 5.69 Å². The maximum absolute atomic E-state index is 12.1. The van der Waals surface area contributed by atoms with Crippen LogP contribution < -0.4 is 10.1 Å². The van der Waals surface area contributed by atoms with E-state index < -0.39 is 0 Å². The van der Waals surface area contributed by atoms with Gasteiger partial charge in [0.25, 0.3) is 11.7 Å². The molecule has 0 spiro atoms. The predicted molar refractivity (Wildman–Crippen MR) is 98.9 cm³/mol. The highest BCUT2D eigenvalue weighted by molar-refractivity contribution is 7.08. The van der Waals surface area contributed by atoms with Gasteiger partial charge in [0.15, 0.2) is 0 Å². The van der Waals surface area contributed by atoms with Crippen molar-refractivity contribution in [1.82, 2.24) is 19.6 Å². The summed E-state index contributed by atoms with van der Waals surface area (Å²) >= 11 is 1.49. The number of nitrogens with zero attached hydrogens (tertiary/aromatic N) is 4. The molecule has 1 aromatic carbocycles. The number of benzene rings is 1. The van der Waals surface area contributed by atoms with Crippen molar-refractivity contribution in [2.24, 2.45) is 0 Å². The average Bonchev–Trinajstić information content (AvgIpc) is 3.35. The standard InChI is InChI=1S/C18H15N5O2S/c1-2-13-9-16(23-18(22-13)19-11-20-23)25-15-5-3-14(4-6-15)21-17(24)12-7-8-26-10-12/h3-11H,2H2,1H3,(H,21,24). The lowest BCUT2D eigenvalue weighted by molar-refractivity contribution is 0.102. The fourth-order valence-electron chi connectivity index (χ4n) is 2.41. The summed E-state index contributed by atoms with van der Waals surface area (Å²) < 4.78 is 7.48. The summed E-state index contributed by atoms with van der Waals surface area (Å²) in [4.78, 5) is 20.6. The highest BCUT2D eigenvalue weighted by Gasteiger charge is 2.10. The van der Waals surface area contributed by atoms with Crippen LogP contribution in [-0.4, -0.2) is 25.5 Å². The van der Waals surface area contributed by atoms with E-state index >= 15 is 0 Å². The van der Waals surface area contributed by atoms with Gasteiger partial charge in [0.05, 0.1) is 5.56 Å². The third kappa shape index (κ3) is 3.27. The molecule has 1 amide bonds. The van der Waals surface area contributed by atoms with Crippen LogP contribution in [0, 0.1) is 0 Å². The number of hydrogen-bond acceptors (Lipinski definition) is 6. The molecule has 8 heteroatoms. The lowest BCUT2D eigenvalue weighted by Gasteiger charge is -2.09. The number of aromatic nitrogens is 4. The van der Waals surface area contributed by atoms with Crippen LogP contribution in [0.3, 0.4) is 0 Å².